The van der Waals surface area contributed by atoms with Gasteiger partial charge in [-0.2, -0.15) is 0 Å². The average Bonchev–Trinajstić information content (AvgIpc) is 2.63. The molecule has 0 spiro atoms. The molecule has 0 aromatic heterocycles. The maximum atomic E-state index is 4.47. The number of allylic oxidation sites excluding steroid dienone is 7. The Hall–Kier alpha value is -1.63. The summed E-state index contributed by atoms with van der Waals surface area (Å²) in [6.07, 6.45) is 25.2. The predicted molar refractivity (Wildman–Crippen MR) is 114 cm³/mol. The molecule has 1 aliphatic rings. The molecule has 0 saturated carbocycles. The van der Waals surface area contributed by atoms with E-state index in [0.717, 1.165) is 5.71 Å². The van der Waals surface area contributed by atoms with Crippen LogP contribution in [0.2, 0.25) is 0 Å². The van der Waals surface area contributed by atoms with Gasteiger partial charge in [0.1, 0.15) is 0 Å². The van der Waals surface area contributed by atoms with Crippen molar-refractivity contribution in [2.45, 2.75) is 78.1 Å². The Kier molecular flexibility index (Phi) is 11.7. The van der Waals surface area contributed by atoms with E-state index in [0.29, 0.717) is 5.92 Å². The lowest BCUT2D eigenvalue weighted by molar-refractivity contribution is 0.460. The maximum absolute atomic E-state index is 4.47. The number of aliphatic imine (C=N–C) groups is 1. The van der Waals surface area contributed by atoms with Crippen LogP contribution in [0.5, 0.6) is 0 Å². The third-order valence-corrected chi connectivity index (χ3v) is 4.92. The second-order valence-electron chi connectivity index (χ2n) is 6.88. The van der Waals surface area contributed by atoms with E-state index in [1.54, 1.807) is 6.20 Å². The van der Waals surface area contributed by atoms with Gasteiger partial charge in [-0.05, 0) is 30.4 Å². The quantitative estimate of drug-likeness (QED) is 0.304. The van der Waals surface area contributed by atoms with Crippen molar-refractivity contribution in [1.82, 2.24) is 0 Å². The number of hydrogen-bond acceptors (Lipinski definition) is 1. The molecule has 0 radical (unpaired) electrons. The fraction of sp³-hybridized carbons (Fsp3) is 0.542. The third-order valence-electron chi connectivity index (χ3n) is 4.92. The van der Waals surface area contributed by atoms with Gasteiger partial charge >= 0.3 is 0 Å². The normalized spacial score (nSPS) is 17.3. The highest BCUT2D eigenvalue weighted by molar-refractivity contribution is 6.12. The first-order valence-corrected chi connectivity index (χ1v) is 10.2. The molecule has 1 nitrogen and oxygen atoms in total. The van der Waals surface area contributed by atoms with Crippen molar-refractivity contribution in [2.75, 3.05) is 0 Å². The highest BCUT2D eigenvalue weighted by Crippen LogP contribution is 2.30. The van der Waals surface area contributed by atoms with Crippen molar-refractivity contribution >= 4 is 5.71 Å². The topological polar surface area (TPSA) is 12.4 Å². The van der Waals surface area contributed by atoms with Crippen LogP contribution in [0, 0.1) is 5.92 Å². The monoisotopic (exact) mass is 339 g/mol. The summed E-state index contributed by atoms with van der Waals surface area (Å²) < 4.78 is 0. The summed E-state index contributed by atoms with van der Waals surface area (Å²) in [4.78, 5) is 4.47. The first-order valence-electron chi connectivity index (χ1n) is 10.2. The molecular weight excluding hydrogens is 302 g/mol. The largest absolute Gasteiger partial charge is 0.257 e. The molecular formula is C24H37N. The highest BCUT2D eigenvalue weighted by atomic mass is 14.7. The molecule has 0 saturated heterocycles. The molecule has 25 heavy (non-hydrogen) atoms. The fourth-order valence-corrected chi connectivity index (χ4v) is 3.52. The summed E-state index contributed by atoms with van der Waals surface area (Å²) in [5.74, 6) is 0.590. The van der Waals surface area contributed by atoms with E-state index in [-0.39, 0.29) is 0 Å². The van der Waals surface area contributed by atoms with Crippen molar-refractivity contribution < 1.29 is 0 Å². The Labute approximate surface area is 156 Å². The van der Waals surface area contributed by atoms with Crippen molar-refractivity contribution in [3.8, 4) is 0 Å². The molecule has 0 heterocycles. The van der Waals surface area contributed by atoms with Crippen LogP contribution < -0.4 is 0 Å². The van der Waals surface area contributed by atoms with Crippen LogP contribution in [0.3, 0.4) is 0 Å². The van der Waals surface area contributed by atoms with Crippen molar-refractivity contribution in [2.24, 2.45) is 10.9 Å². The zero-order valence-corrected chi connectivity index (χ0v) is 16.5. The Morgan fingerprint density at radius 2 is 1.52 bits per heavy atom. The first-order chi connectivity index (χ1) is 12.3. The minimum absolute atomic E-state index is 0.590. The van der Waals surface area contributed by atoms with Crippen LogP contribution >= 0.6 is 0 Å². The molecule has 1 heteroatoms. The smallest absolute Gasteiger partial charge is 0.0704 e. The van der Waals surface area contributed by atoms with Gasteiger partial charge in [0.15, 0.2) is 0 Å². The van der Waals surface area contributed by atoms with E-state index in [2.05, 4.69) is 56.3 Å². The van der Waals surface area contributed by atoms with Crippen LogP contribution in [0.25, 0.3) is 0 Å². The molecule has 1 rings (SSSR count). The summed E-state index contributed by atoms with van der Waals surface area (Å²) in [6.45, 7) is 12.5. The summed E-state index contributed by atoms with van der Waals surface area (Å²) in [7, 11) is 0. The van der Waals surface area contributed by atoms with Gasteiger partial charge in [-0.25, -0.2) is 0 Å². The van der Waals surface area contributed by atoms with Crippen molar-refractivity contribution in [3.63, 3.8) is 0 Å². The zero-order chi connectivity index (χ0) is 18.3. The van der Waals surface area contributed by atoms with E-state index < -0.39 is 0 Å². The molecule has 0 aliphatic heterocycles. The minimum Gasteiger partial charge on any atom is -0.257 e. The maximum Gasteiger partial charge on any atom is 0.0704 e. The Bertz CT molecular complexity index is 504. The Balaban J connectivity index is 2.96. The molecule has 0 unspecified atom stereocenters. The summed E-state index contributed by atoms with van der Waals surface area (Å²) in [5.41, 5.74) is 3.61. The standard InChI is InChI=1S/C24H37N/c1-5-9-11-13-17-21(18-14-12-10-6-2)22(7-3)23-19-15-16-20-24(23)25-8-4/h7-8,15-16,19-21H,3-6,9-14,17-18H2,1-2H3/b23-22+,25-24?. The van der Waals surface area contributed by atoms with Gasteiger partial charge in [-0.15, -0.1) is 0 Å². The molecule has 0 aromatic rings. The van der Waals surface area contributed by atoms with E-state index in [1.165, 1.54) is 75.4 Å². The molecule has 0 fully saturated rings. The van der Waals surface area contributed by atoms with E-state index >= 15 is 0 Å². The number of rotatable bonds is 13. The Morgan fingerprint density at radius 3 is 2.04 bits per heavy atom. The van der Waals surface area contributed by atoms with Crippen molar-refractivity contribution in [1.29, 1.82) is 0 Å². The molecule has 0 amide bonds. The van der Waals surface area contributed by atoms with Gasteiger partial charge in [-0.1, -0.05) is 103 Å². The van der Waals surface area contributed by atoms with Gasteiger partial charge < -0.3 is 0 Å². The Morgan fingerprint density at radius 1 is 0.920 bits per heavy atom. The molecule has 1 aliphatic carbocycles. The number of hydrogen-bond donors (Lipinski definition) is 0. The molecule has 0 atom stereocenters. The van der Waals surface area contributed by atoms with Gasteiger partial charge in [-0.3, -0.25) is 4.99 Å². The van der Waals surface area contributed by atoms with Crippen molar-refractivity contribution in [3.05, 3.63) is 60.9 Å². The average molecular weight is 340 g/mol. The van der Waals surface area contributed by atoms with Gasteiger partial charge in [0.25, 0.3) is 0 Å². The second kappa shape index (κ2) is 13.6. The van der Waals surface area contributed by atoms with Crippen LogP contribution in [0.4, 0.5) is 0 Å². The van der Waals surface area contributed by atoms with Gasteiger partial charge in [0, 0.05) is 11.8 Å². The van der Waals surface area contributed by atoms with Crippen LogP contribution in [-0.4, -0.2) is 5.71 Å². The van der Waals surface area contributed by atoms with Gasteiger partial charge in [0.05, 0.1) is 5.71 Å². The molecule has 0 aromatic carbocycles. The van der Waals surface area contributed by atoms with Crippen LogP contribution in [0.1, 0.15) is 78.1 Å². The fourth-order valence-electron chi connectivity index (χ4n) is 3.52. The first kappa shape index (κ1) is 21.4. The zero-order valence-electron chi connectivity index (χ0n) is 16.5. The number of unbranched alkanes of at least 4 members (excludes halogenated alkanes) is 6. The van der Waals surface area contributed by atoms with Crippen LogP contribution in [0.15, 0.2) is 65.9 Å². The van der Waals surface area contributed by atoms with Gasteiger partial charge in [0.2, 0.25) is 0 Å². The van der Waals surface area contributed by atoms with E-state index in [1.807, 2.05) is 6.08 Å². The third kappa shape index (κ3) is 7.86. The predicted octanol–water partition coefficient (Wildman–Crippen LogP) is 7.74. The molecule has 0 N–H and O–H groups in total. The summed E-state index contributed by atoms with van der Waals surface area (Å²) in [6, 6.07) is 0. The van der Waals surface area contributed by atoms with E-state index in [4.69, 9.17) is 0 Å². The lowest BCUT2D eigenvalue weighted by Gasteiger charge is -2.22. The summed E-state index contributed by atoms with van der Waals surface area (Å²) >= 11 is 0. The molecule has 0 bridgehead atoms. The lowest BCUT2D eigenvalue weighted by Crippen LogP contribution is -2.11. The minimum atomic E-state index is 0.590. The van der Waals surface area contributed by atoms with E-state index in [9.17, 15) is 0 Å². The molecule has 138 valence electrons. The summed E-state index contributed by atoms with van der Waals surface area (Å²) in [5, 5.41) is 0. The SMILES string of the molecule is C=CN=C1C=CC=C/C1=C(/C=C)C(CCCCCC)CCCCCC. The second-order valence-corrected chi connectivity index (χ2v) is 6.88. The lowest BCUT2D eigenvalue weighted by atomic mass is 9.83. The highest BCUT2D eigenvalue weighted by Gasteiger charge is 2.18. The number of nitrogens with zero attached hydrogens (tertiary/aromatic N) is 1. The van der Waals surface area contributed by atoms with Crippen LogP contribution in [-0.2, 0) is 0 Å².